The van der Waals surface area contributed by atoms with Crippen LogP contribution in [-0.4, -0.2) is 39.6 Å². The molecular formula is C32H35N3O4S. The number of amides is 1. The summed E-state index contributed by atoms with van der Waals surface area (Å²) in [6.07, 6.45) is 9.83. The zero-order chi connectivity index (χ0) is 28.3. The molecule has 0 aliphatic rings. The van der Waals surface area contributed by atoms with E-state index in [0.29, 0.717) is 10.7 Å². The maximum absolute atomic E-state index is 12.4. The monoisotopic (exact) mass is 557 g/mol. The van der Waals surface area contributed by atoms with Crippen molar-refractivity contribution in [2.24, 2.45) is 0 Å². The molecule has 0 aliphatic heterocycles. The second-order valence-corrected chi connectivity index (χ2v) is 10.7. The van der Waals surface area contributed by atoms with E-state index < -0.39 is 12.0 Å². The average molecular weight is 558 g/mol. The fraction of sp³-hybridized carbons (Fsp3) is 0.312. The molecule has 0 aliphatic carbocycles. The van der Waals surface area contributed by atoms with Gasteiger partial charge in [-0.25, -0.2) is 14.8 Å². The molecule has 0 spiro atoms. The van der Waals surface area contributed by atoms with Crippen LogP contribution < -0.4 is 10.1 Å². The molecular weight excluding hydrogens is 522 g/mol. The summed E-state index contributed by atoms with van der Waals surface area (Å²) in [6, 6.07) is 16.1. The highest BCUT2D eigenvalue weighted by atomic mass is 32.1. The van der Waals surface area contributed by atoms with Gasteiger partial charge in [-0.05, 0) is 53.6 Å². The van der Waals surface area contributed by atoms with E-state index >= 15 is 0 Å². The Morgan fingerprint density at radius 2 is 1.60 bits per heavy atom. The number of carbonyl (C=O) groups excluding carboxylic acids is 1. The maximum atomic E-state index is 12.4. The van der Waals surface area contributed by atoms with Crippen molar-refractivity contribution >= 4 is 23.2 Å². The molecule has 1 amide bonds. The highest BCUT2D eigenvalue weighted by Gasteiger charge is 2.22. The van der Waals surface area contributed by atoms with Gasteiger partial charge >= 0.3 is 5.97 Å². The van der Waals surface area contributed by atoms with E-state index in [9.17, 15) is 14.7 Å². The lowest BCUT2D eigenvalue weighted by Gasteiger charge is -2.14. The van der Waals surface area contributed by atoms with Crippen LogP contribution >= 0.6 is 11.3 Å². The summed E-state index contributed by atoms with van der Waals surface area (Å²) < 4.78 is 5.86. The third-order valence-electron chi connectivity index (χ3n) is 6.57. The summed E-state index contributed by atoms with van der Waals surface area (Å²) >= 11 is 1.30. The first-order valence-electron chi connectivity index (χ1n) is 13.7. The molecule has 4 aromatic rings. The van der Waals surface area contributed by atoms with Gasteiger partial charge < -0.3 is 15.2 Å². The van der Waals surface area contributed by atoms with Crippen molar-refractivity contribution in [3.63, 3.8) is 0 Å². The molecule has 2 heterocycles. The molecule has 4 rings (SSSR count). The Kier molecular flexibility index (Phi) is 10.4. The van der Waals surface area contributed by atoms with Crippen molar-refractivity contribution in [1.82, 2.24) is 15.3 Å². The van der Waals surface area contributed by atoms with Crippen LogP contribution in [0, 0.1) is 6.92 Å². The molecule has 40 heavy (non-hydrogen) atoms. The van der Waals surface area contributed by atoms with Crippen LogP contribution in [0.4, 0.5) is 0 Å². The van der Waals surface area contributed by atoms with Crippen LogP contribution in [0.15, 0.2) is 72.4 Å². The van der Waals surface area contributed by atoms with Gasteiger partial charge in [-0.15, -0.1) is 11.3 Å². The van der Waals surface area contributed by atoms with Crippen molar-refractivity contribution in [2.45, 2.75) is 58.4 Å². The summed E-state index contributed by atoms with van der Waals surface area (Å²) in [5.74, 6) is -0.0140. The number of carboxylic acids is 1. The summed E-state index contributed by atoms with van der Waals surface area (Å²) in [5, 5.41) is 14.1. The van der Waals surface area contributed by atoms with E-state index in [0.717, 1.165) is 46.6 Å². The standard InChI is InChI=1S/C32H35N3O4S/c1-3-4-5-6-7-16-39-27-14-12-24(13-15-27)26-19-33-30(34-20-26)25-10-8-23(9-11-25)18-28(32(37)38)35-31(36)29-17-22(2)21-40-29/h8-15,17,19-21,28H,3-7,16,18H2,1-2H3,(H,35,36)(H,37,38)/t28-/m0/s1. The van der Waals surface area contributed by atoms with E-state index in [1.165, 1.54) is 37.0 Å². The van der Waals surface area contributed by atoms with Crippen molar-refractivity contribution in [1.29, 1.82) is 0 Å². The fourth-order valence-corrected chi connectivity index (χ4v) is 5.07. The van der Waals surface area contributed by atoms with Gasteiger partial charge in [0.05, 0.1) is 11.5 Å². The highest BCUT2D eigenvalue weighted by Crippen LogP contribution is 2.24. The molecule has 0 fully saturated rings. The number of nitrogens with one attached hydrogen (secondary N) is 1. The quantitative estimate of drug-likeness (QED) is 0.163. The number of thiophene rings is 1. The number of hydrogen-bond donors (Lipinski definition) is 2. The predicted molar refractivity (Wildman–Crippen MR) is 159 cm³/mol. The number of hydrogen-bond acceptors (Lipinski definition) is 6. The number of aryl methyl sites for hydroxylation is 1. The third-order valence-corrected chi connectivity index (χ3v) is 7.61. The first-order chi connectivity index (χ1) is 19.4. The van der Waals surface area contributed by atoms with E-state index in [1.807, 2.05) is 60.8 Å². The Hall–Kier alpha value is -4.04. The highest BCUT2D eigenvalue weighted by molar-refractivity contribution is 7.12. The molecule has 2 aromatic heterocycles. The summed E-state index contributed by atoms with van der Waals surface area (Å²) in [5.41, 5.74) is 4.50. The molecule has 0 unspecified atom stereocenters. The van der Waals surface area contributed by atoms with Crippen molar-refractivity contribution in [3.8, 4) is 28.3 Å². The normalized spacial score (nSPS) is 11.7. The number of rotatable bonds is 14. The second-order valence-electron chi connectivity index (χ2n) is 9.84. The topological polar surface area (TPSA) is 101 Å². The van der Waals surface area contributed by atoms with Crippen LogP contribution in [-0.2, 0) is 11.2 Å². The Morgan fingerprint density at radius 1 is 0.925 bits per heavy atom. The fourth-order valence-electron chi connectivity index (χ4n) is 4.27. The molecule has 8 heteroatoms. The molecule has 0 radical (unpaired) electrons. The molecule has 0 saturated carbocycles. The number of benzene rings is 2. The number of unbranched alkanes of at least 4 members (excludes halogenated alkanes) is 4. The molecule has 1 atom stereocenters. The van der Waals surface area contributed by atoms with Gasteiger partial charge in [-0.3, -0.25) is 4.79 Å². The Bertz CT molecular complexity index is 1380. The van der Waals surface area contributed by atoms with Crippen LogP contribution in [0.2, 0.25) is 0 Å². The van der Waals surface area contributed by atoms with Gasteiger partial charge in [-0.2, -0.15) is 0 Å². The second kappa shape index (κ2) is 14.4. The van der Waals surface area contributed by atoms with Crippen LogP contribution in [0.3, 0.4) is 0 Å². The summed E-state index contributed by atoms with van der Waals surface area (Å²) in [7, 11) is 0. The summed E-state index contributed by atoms with van der Waals surface area (Å²) in [4.78, 5) is 33.8. The van der Waals surface area contributed by atoms with Gasteiger partial charge in [0.1, 0.15) is 11.8 Å². The Labute approximate surface area is 239 Å². The van der Waals surface area contributed by atoms with E-state index in [-0.39, 0.29) is 12.3 Å². The lowest BCUT2D eigenvalue weighted by Crippen LogP contribution is -2.42. The maximum Gasteiger partial charge on any atom is 0.326 e. The van der Waals surface area contributed by atoms with E-state index in [1.54, 1.807) is 18.5 Å². The number of aliphatic carboxylic acids is 1. The largest absolute Gasteiger partial charge is 0.494 e. The van der Waals surface area contributed by atoms with Gasteiger partial charge in [-0.1, -0.05) is 69.0 Å². The molecule has 0 bridgehead atoms. The number of carbonyl (C=O) groups is 2. The molecule has 7 nitrogen and oxygen atoms in total. The number of ether oxygens (including phenoxy) is 1. The minimum Gasteiger partial charge on any atom is -0.494 e. The van der Waals surface area contributed by atoms with Gasteiger partial charge in [0.25, 0.3) is 5.91 Å². The number of aromatic nitrogens is 2. The van der Waals surface area contributed by atoms with Crippen LogP contribution in [0.5, 0.6) is 5.75 Å². The predicted octanol–water partition coefficient (Wildman–Crippen LogP) is 6.96. The number of nitrogens with zero attached hydrogens (tertiary/aromatic N) is 2. The minimum absolute atomic E-state index is 0.171. The van der Waals surface area contributed by atoms with Gasteiger partial charge in [0.15, 0.2) is 5.82 Å². The molecule has 2 aromatic carbocycles. The third kappa shape index (κ3) is 8.23. The first kappa shape index (κ1) is 29.0. The summed E-state index contributed by atoms with van der Waals surface area (Å²) in [6.45, 7) is 4.85. The molecule has 208 valence electrons. The van der Waals surface area contributed by atoms with Gasteiger partial charge in [0, 0.05) is 29.9 Å². The van der Waals surface area contributed by atoms with Crippen LogP contribution in [0.25, 0.3) is 22.5 Å². The zero-order valence-corrected chi connectivity index (χ0v) is 23.7. The van der Waals surface area contributed by atoms with Crippen molar-refractivity contribution in [2.75, 3.05) is 6.61 Å². The Balaban J connectivity index is 1.32. The molecule has 2 N–H and O–H groups in total. The average Bonchev–Trinajstić information content (AvgIpc) is 3.42. The molecule has 0 saturated heterocycles. The van der Waals surface area contributed by atoms with E-state index in [4.69, 9.17) is 4.74 Å². The lowest BCUT2D eigenvalue weighted by atomic mass is 10.0. The zero-order valence-electron chi connectivity index (χ0n) is 22.9. The lowest BCUT2D eigenvalue weighted by molar-refractivity contribution is -0.139. The SMILES string of the molecule is CCCCCCCOc1ccc(-c2cnc(-c3ccc(C[C@H](NC(=O)c4cc(C)cs4)C(=O)O)cc3)nc2)cc1. The Morgan fingerprint density at radius 3 is 2.23 bits per heavy atom. The van der Waals surface area contributed by atoms with Crippen molar-refractivity contribution in [3.05, 3.63) is 88.4 Å². The van der Waals surface area contributed by atoms with E-state index in [2.05, 4.69) is 22.2 Å². The number of carboxylic acid groups (broad SMARTS) is 1. The van der Waals surface area contributed by atoms with Gasteiger partial charge in [0.2, 0.25) is 0 Å². The first-order valence-corrected chi connectivity index (χ1v) is 14.5. The van der Waals surface area contributed by atoms with Crippen LogP contribution in [0.1, 0.15) is 59.8 Å². The minimum atomic E-state index is -1.08. The smallest absolute Gasteiger partial charge is 0.326 e. The van der Waals surface area contributed by atoms with Crippen molar-refractivity contribution < 1.29 is 19.4 Å².